The molecule has 0 saturated carbocycles. The van der Waals surface area contributed by atoms with Crippen LogP contribution in [0.2, 0.25) is 0 Å². The number of furan rings is 2. The molecule has 0 unspecified atom stereocenters. The highest BCUT2D eigenvalue weighted by atomic mass is 19.4. The summed E-state index contributed by atoms with van der Waals surface area (Å²) in [6.07, 6.45) is -8.29. The molecule has 0 radical (unpaired) electrons. The van der Waals surface area contributed by atoms with Crippen LogP contribution in [0.3, 0.4) is 0 Å². The van der Waals surface area contributed by atoms with Gasteiger partial charge in [0, 0.05) is 30.3 Å². The molecule has 0 fully saturated rings. The monoisotopic (exact) mass is 573 g/mol. The van der Waals surface area contributed by atoms with E-state index in [1.54, 1.807) is 0 Å². The fraction of sp³-hybridized carbons (Fsp3) is 0.107. The molecule has 41 heavy (non-hydrogen) atoms. The number of halogens is 6. The van der Waals surface area contributed by atoms with Crippen LogP contribution in [-0.4, -0.2) is 22.5 Å². The van der Waals surface area contributed by atoms with Gasteiger partial charge in [-0.2, -0.15) is 31.4 Å². The average molecular weight is 573 g/mol. The number of benzene rings is 2. The largest absolute Gasteiger partial charge is 0.454 e. The van der Waals surface area contributed by atoms with Gasteiger partial charge in [0.1, 0.15) is 17.2 Å². The lowest BCUT2D eigenvalue weighted by Crippen LogP contribution is -2.21. The van der Waals surface area contributed by atoms with Gasteiger partial charge in [-0.1, -0.05) is 24.3 Å². The first-order valence-corrected chi connectivity index (χ1v) is 11.7. The molecule has 0 spiro atoms. The van der Waals surface area contributed by atoms with Gasteiger partial charge in [-0.3, -0.25) is 9.59 Å². The molecule has 13 heteroatoms. The number of amides is 1. The van der Waals surface area contributed by atoms with Gasteiger partial charge in [0.25, 0.3) is 5.91 Å². The lowest BCUT2D eigenvalue weighted by atomic mass is 10.1. The Morgan fingerprint density at radius 1 is 0.805 bits per heavy atom. The van der Waals surface area contributed by atoms with Crippen molar-refractivity contribution < 1.29 is 44.8 Å². The summed E-state index contributed by atoms with van der Waals surface area (Å²) in [5.41, 5.74) is 1.56. The fourth-order valence-corrected chi connectivity index (χ4v) is 4.07. The van der Waals surface area contributed by atoms with Gasteiger partial charge in [-0.05, 0) is 36.4 Å². The van der Waals surface area contributed by atoms with Gasteiger partial charge in [-0.25, -0.2) is 5.43 Å². The lowest BCUT2D eigenvalue weighted by molar-refractivity contribution is -0.138. The Hall–Kier alpha value is -5.07. The molecule has 0 aliphatic carbocycles. The van der Waals surface area contributed by atoms with Crippen molar-refractivity contribution in [3.63, 3.8) is 0 Å². The minimum Gasteiger partial charge on any atom is -0.454 e. The summed E-state index contributed by atoms with van der Waals surface area (Å²) in [7, 11) is 1.54. The van der Waals surface area contributed by atoms with Crippen LogP contribution < -0.4 is 5.43 Å². The zero-order valence-electron chi connectivity index (χ0n) is 20.8. The number of carbonyl (C=O) groups excluding carboxylic acids is 2. The third-order valence-electron chi connectivity index (χ3n) is 6.11. The van der Waals surface area contributed by atoms with Crippen molar-refractivity contribution >= 4 is 29.0 Å². The molecular weight excluding hydrogens is 556 g/mol. The highest BCUT2D eigenvalue weighted by molar-refractivity contribution is 6.34. The quantitative estimate of drug-likeness (QED) is 0.0997. The summed E-state index contributed by atoms with van der Waals surface area (Å²) in [5.74, 6) is -1.47. The minimum atomic E-state index is -4.54. The van der Waals surface area contributed by atoms with E-state index in [-0.39, 0.29) is 39.7 Å². The van der Waals surface area contributed by atoms with Crippen molar-refractivity contribution in [3.05, 3.63) is 95.4 Å². The number of rotatable bonds is 6. The molecule has 0 saturated heterocycles. The number of alkyl halides is 6. The van der Waals surface area contributed by atoms with Crippen LogP contribution in [0.5, 0.6) is 0 Å². The molecule has 5 aromatic rings. The molecule has 3 aromatic heterocycles. The smallest absolute Gasteiger partial charge is 0.416 e. The maximum absolute atomic E-state index is 13.1. The molecule has 0 atom stereocenters. The number of nitrogens with one attached hydrogen (secondary N) is 1. The number of hydrogen-bond acceptors (Lipinski definition) is 5. The summed E-state index contributed by atoms with van der Waals surface area (Å²) >= 11 is 0. The highest BCUT2D eigenvalue weighted by Gasteiger charge is 2.31. The van der Waals surface area contributed by atoms with E-state index in [0.29, 0.717) is 5.52 Å². The van der Waals surface area contributed by atoms with Gasteiger partial charge >= 0.3 is 12.4 Å². The third-order valence-corrected chi connectivity index (χ3v) is 6.11. The summed E-state index contributed by atoms with van der Waals surface area (Å²) in [5, 5.41) is 3.61. The van der Waals surface area contributed by atoms with Gasteiger partial charge in [0.15, 0.2) is 11.3 Å². The molecule has 1 N–H and O–H groups in total. The standard InChI is InChI=1S/C28H17F6N3O4/c1-37-19-12-24(16-5-3-7-18(11-16)28(32,33)34)41-25(19)13-20(37)26(39)36-35-14-21(38)23-9-8-22(40-23)15-4-2-6-17(10-15)27(29,30)31/h2-14H,1H3,(H,36,39). The van der Waals surface area contributed by atoms with Crippen molar-refractivity contribution in [3.8, 4) is 22.6 Å². The van der Waals surface area contributed by atoms with E-state index in [2.05, 4.69) is 10.5 Å². The number of carbonyl (C=O) groups is 2. The first-order chi connectivity index (χ1) is 19.3. The molecule has 0 aliphatic rings. The Morgan fingerprint density at radius 3 is 2.00 bits per heavy atom. The highest BCUT2D eigenvalue weighted by Crippen LogP contribution is 2.35. The lowest BCUT2D eigenvalue weighted by Gasteiger charge is -2.07. The van der Waals surface area contributed by atoms with E-state index >= 15 is 0 Å². The molecule has 7 nitrogen and oxygen atoms in total. The van der Waals surface area contributed by atoms with Crippen molar-refractivity contribution in [2.75, 3.05) is 0 Å². The van der Waals surface area contributed by atoms with Crippen LogP contribution in [0.15, 0.2) is 86.7 Å². The van der Waals surface area contributed by atoms with E-state index < -0.39 is 35.2 Å². The Bertz CT molecular complexity index is 1810. The fourth-order valence-electron chi connectivity index (χ4n) is 4.07. The Labute approximate surface area is 226 Å². The molecule has 210 valence electrons. The molecule has 2 aromatic carbocycles. The number of hydrazone groups is 1. The van der Waals surface area contributed by atoms with E-state index in [1.807, 2.05) is 0 Å². The number of Topliss-reactive ketones (excluding diaryl/α,β-unsaturated/α-hetero) is 1. The normalized spacial score (nSPS) is 12.4. The molecule has 0 aliphatic heterocycles. The van der Waals surface area contributed by atoms with Crippen LogP contribution in [0, 0.1) is 0 Å². The van der Waals surface area contributed by atoms with Gasteiger partial charge in [-0.15, -0.1) is 0 Å². The van der Waals surface area contributed by atoms with E-state index in [9.17, 15) is 35.9 Å². The maximum atomic E-state index is 13.1. The van der Waals surface area contributed by atoms with E-state index in [0.717, 1.165) is 30.5 Å². The Kier molecular flexibility index (Phi) is 6.81. The second-order valence-electron chi connectivity index (χ2n) is 8.83. The predicted octanol–water partition coefficient (Wildman–Crippen LogP) is 7.33. The number of ketones is 1. The van der Waals surface area contributed by atoms with Crippen LogP contribution in [-0.2, 0) is 19.4 Å². The Morgan fingerprint density at radius 2 is 1.41 bits per heavy atom. The van der Waals surface area contributed by atoms with Crippen LogP contribution in [0.4, 0.5) is 26.3 Å². The second kappa shape index (κ2) is 10.2. The third kappa shape index (κ3) is 5.64. The van der Waals surface area contributed by atoms with Crippen LogP contribution in [0.25, 0.3) is 33.7 Å². The van der Waals surface area contributed by atoms with E-state index in [1.165, 1.54) is 60.1 Å². The molecule has 3 heterocycles. The second-order valence-corrected chi connectivity index (χ2v) is 8.83. The van der Waals surface area contributed by atoms with Gasteiger partial charge in [0.05, 0.1) is 22.9 Å². The zero-order chi connectivity index (χ0) is 29.5. The predicted molar refractivity (Wildman–Crippen MR) is 135 cm³/mol. The number of hydrogen-bond donors (Lipinski definition) is 1. The van der Waals surface area contributed by atoms with E-state index in [4.69, 9.17) is 8.83 Å². The molecule has 0 bridgehead atoms. The van der Waals surface area contributed by atoms with Crippen LogP contribution in [0.1, 0.15) is 32.2 Å². The topological polar surface area (TPSA) is 89.7 Å². The molecule has 5 rings (SSSR count). The summed E-state index contributed by atoms with van der Waals surface area (Å²) < 4.78 is 90.5. The number of nitrogens with zero attached hydrogens (tertiary/aromatic N) is 2. The summed E-state index contributed by atoms with van der Waals surface area (Å²) in [6, 6.07) is 14.5. The maximum Gasteiger partial charge on any atom is 0.416 e. The minimum absolute atomic E-state index is 0.0350. The number of aryl methyl sites for hydroxylation is 1. The van der Waals surface area contributed by atoms with Crippen molar-refractivity contribution in [2.45, 2.75) is 12.4 Å². The van der Waals surface area contributed by atoms with Crippen LogP contribution >= 0.6 is 0 Å². The Balaban J connectivity index is 1.27. The van der Waals surface area contributed by atoms with Gasteiger partial charge in [0.2, 0.25) is 5.78 Å². The molecular formula is C28H17F6N3O4. The average Bonchev–Trinajstić information content (AvgIpc) is 3.64. The SMILES string of the molecule is Cn1c(C(=O)NN=CC(=O)c2ccc(-c3cccc(C(F)(F)F)c3)o2)cc2oc(-c3cccc(C(F)(F)F)c3)cc21. The summed E-state index contributed by atoms with van der Waals surface area (Å²) in [4.78, 5) is 25.0. The summed E-state index contributed by atoms with van der Waals surface area (Å²) in [6.45, 7) is 0. The zero-order valence-corrected chi connectivity index (χ0v) is 20.8. The number of fused-ring (bicyclic) bond motifs is 1. The first-order valence-electron chi connectivity index (χ1n) is 11.7. The van der Waals surface area contributed by atoms with Crippen molar-refractivity contribution in [1.29, 1.82) is 0 Å². The first kappa shape index (κ1) is 27.5. The van der Waals surface area contributed by atoms with Gasteiger partial charge < -0.3 is 13.4 Å². The van der Waals surface area contributed by atoms with Crippen molar-refractivity contribution in [1.82, 2.24) is 9.99 Å². The molecule has 1 amide bonds. The number of aromatic nitrogens is 1. The van der Waals surface area contributed by atoms with Crippen molar-refractivity contribution in [2.24, 2.45) is 12.1 Å².